The van der Waals surface area contributed by atoms with Crippen LogP contribution >= 0.6 is 22.9 Å². The summed E-state index contributed by atoms with van der Waals surface area (Å²) < 4.78 is 5.81. The number of ether oxygens (including phenoxy) is 1. The summed E-state index contributed by atoms with van der Waals surface area (Å²) >= 11 is 7.40. The Hall–Kier alpha value is -1.56. The molecule has 0 spiro atoms. The first-order valence-corrected chi connectivity index (χ1v) is 9.70. The van der Waals surface area contributed by atoms with Crippen molar-refractivity contribution >= 4 is 34.5 Å². The molecule has 3 fully saturated rings. The highest BCUT2D eigenvalue weighted by molar-refractivity contribution is 7.15. The standard InChI is InChI=1S/C19H16ClNO3S/c1-8-18(25-19(21-8)9-2-4-10(20)5-3-9)15-16(22)13-11-6-7-12(24-11)14(13)17(15)23/h2-5,11-15H,6-7H2,1H3/t11?,12?,13-,14+,15?. The van der Waals surface area contributed by atoms with Crippen molar-refractivity contribution in [1.82, 2.24) is 4.98 Å². The molecule has 3 heterocycles. The van der Waals surface area contributed by atoms with Crippen molar-refractivity contribution in [3.05, 3.63) is 39.9 Å². The summed E-state index contributed by atoms with van der Waals surface area (Å²) in [5.41, 5.74) is 1.72. The molecule has 2 aliphatic heterocycles. The molecule has 1 saturated carbocycles. The molecule has 2 bridgehead atoms. The number of aryl methyl sites for hydroxylation is 1. The molecule has 3 aliphatic rings. The third kappa shape index (κ3) is 2.19. The van der Waals surface area contributed by atoms with Gasteiger partial charge in [0.15, 0.2) is 11.6 Å². The number of carbonyl (C=O) groups excluding carboxylic acids is 2. The second-order valence-electron chi connectivity index (χ2n) is 7.06. The monoisotopic (exact) mass is 373 g/mol. The van der Waals surface area contributed by atoms with Crippen molar-refractivity contribution in [2.24, 2.45) is 11.8 Å². The molecule has 2 aromatic rings. The van der Waals surface area contributed by atoms with E-state index in [4.69, 9.17) is 16.3 Å². The van der Waals surface area contributed by atoms with Crippen molar-refractivity contribution in [3.8, 4) is 10.6 Å². The quantitative estimate of drug-likeness (QED) is 0.751. The molecule has 1 aromatic carbocycles. The number of benzene rings is 1. The summed E-state index contributed by atoms with van der Waals surface area (Å²) in [6, 6.07) is 7.45. The maximum absolute atomic E-state index is 13.0. The van der Waals surface area contributed by atoms with Crippen molar-refractivity contribution < 1.29 is 14.3 Å². The zero-order chi connectivity index (χ0) is 17.3. The number of ketones is 2. The SMILES string of the molecule is Cc1nc(-c2ccc(Cl)cc2)sc1C1C(=O)[C@@H]2C3CCC(O3)[C@@H]2C1=O. The van der Waals surface area contributed by atoms with Crippen molar-refractivity contribution in [1.29, 1.82) is 0 Å². The Kier molecular flexibility index (Phi) is 3.43. The van der Waals surface area contributed by atoms with E-state index in [0.717, 1.165) is 34.0 Å². The summed E-state index contributed by atoms with van der Waals surface area (Å²) in [5, 5.41) is 1.49. The molecule has 0 amide bonds. The fraction of sp³-hybridized carbons (Fsp3) is 0.421. The van der Waals surface area contributed by atoms with Crippen LogP contribution in [0.4, 0.5) is 0 Å². The molecule has 1 aliphatic carbocycles. The van der Waals surface area contributed by atoms with Gasteiger partial charge in [-0.1, -0.05) is 23.7 Å². The number of aromatic nitrogens is 1. The highest BCUT2D eigenvalue weighted by Crippen LogP contribution is 2.53. The fourth-order valence-electron chi connectivity index (χ4n) is 4.58. The van der Waals surface area contributed by atoms with Crippen molar-refractivity contribution in [2.75, 3.05) is 0 Å². The number of Topliss-reactive ketones (excluding diaryl/α,β-unsaturated/α-hetero) is 2. The second-order valence-corrected chi connectivity index (χ2v) is 8.52. The van der Waals surface area contributed by atoms with Crippen LogP contribution in [0.25, 0.3) is 10.6 Å². The van der Waals surface area contributed by atoms with E-state index in [0.29, 0.717) is 5.02 Å². The van der Waals surface area contributed by atoms with Crippen LogP contribution < -0.4 is 0 Å². The van der Waals surface area contributed by atoms with Gasteiger partial charge in [-0.15, -0.1) is 11.3 Å². The number of hydrogen-bond acceptors (Lipinski definition) is 5. The lowest BCUT2D eigenvalue weighted by Crippen LogP contribution is -2.29. The first-order valence-electron chi connectivity index (χ1n) is 8.51. The predicted octanol–water partition coefficient (Wildman–Crippen LogP) is 3.80. The van der Waals surface area contributed by atoms with E-state index in [1.807, 2.05) is 31.2 Å². The summed E-state index contributed by atoms with van der Waals surface area (Å²) in [5.74, 6) is -1.05. The molecule has 0 N–H and O–H groups in total. The zero-order valence-corrected chi connectivity index (χ0v) is 15.1. The Bertz CT molecular complexity index is 863. The minimum absolute atomic E-state index is 0.0385. The van der Waals surface area contributed by atoms with Crippen LogP contribution in [0.2, 0.25) is 5.02 Å². The Morgan fingerprint density at radius 3 is 2.28 bits per heavy atom. The van der Waals surface area contributed by atoms with Crippen LogP contribution in [0.5, 0.6) is 0 Å². The van der Waals surface area contributed by atoms with Crippen LogP contribution in [0, 0.1) is 18.8 Å². The van der Waals surface area contributed by atoms with Crippen LogP contribution in [0.3, 0.4) is 0 Å². The van der Waals surface area contributed by atoms with Gasteiger partial charge in [0.25, 0.3) is 0 Å². The van der Waals surface area contributed by atoms with Gasteiger partial charge in [0.1, 0.15) is 10.9 Å². The van der Waals surface area contributed by atoms with Crippen LogP contribution in [0.15, 0.2) is 24.3 Å². The lowest BCUT2D eigenvalue weighted by Gasteiger charge is -2.16. The average molecular weight is 374 g/mol. The van der Waals surface area contributed by atoms with Crippen LogP contribution in [0.1, 0.15) is 29.3 Å². The number of nitrogens with zero attached hydrogens (tertiary/aromatic N) is 1. The van der Waals surface area contributed by atoms with Gasteiger partial charge in [-0.2, -0.15) is 0 Å². The van der Waals surface area contributed by atoms with E-state index in [-0.39, 0.29) is 35.6 Å². The van der Waals surface area contributed by atoms with Gasteiger partial charge in [-0.3, -0.25) is 9.59 Å². The Morgan fingerprint density at radius 2 is 1.68 bits per heavy atom. The molecule has 3 unspecified atom stereocenters. The van der Waals surface area contributed by atoms with Gasteiger partial charge < -0.3 is 4.74 Å². The fourth-order valence-corrected chi connectivity index (χ4v) is 5.89. The smallest absolute Gasteiger partial charge is 0.155 e. The number of carbonyl (C=O) groups is 2. The molecule has 5 rings (SSSR count). The summed E-state index contributed by atoms with van der Waals surface area (Å²) in [6.45, 7) is 1.88. The molecular weight excluding hydrogens is 358 g/mol. The molecule has 128 valence electrons. The number of halogens is 1. The summed E-state index contributed by atoms with van der Waals surface area (Å²) in [7, 11) is 0. The third-order valence-electron chi connectivity index (χ3n) is 5.69. The molecular formula is C19H16ClNO3S. The predicted molar refractivity (Wildman–Crippen MR) is 94.9 cm³/mol. The van der Waals surface area contributed by atoms with Crippen molar-refractivity contribution in [2.45, 2.75) is 37.9 Å². The van der Waals surface area contributed by atoms with Crippen molar-refractivity contribution in [3.63, 3.8) is 0 Å². The van der Waals surface area contributed by atoms with E-state index >= 15 is 0 Å². The molecule has 1 aromatic heterocycles. The highest BCUT2D eigenvalue weighted by Gasteiger charge is 2.63. The van der Waals surface area contributed by atoms with Crippen LogP contribution in [-0.4, -0.2) is 28.8 Å². The molecule has 4 nitrogen and oxygen atoms in total. The first-order chi connectivity index (χ1) is 12.0. The van der Waals surface area contributed by atoms with Gasteiger partial charge in [-0.25, -0.2) is 4.98 Å². The van der Waals surface area contributed by atoms with Gasteiger partial charge in [-0.05, 0) is 31.9 Å². The summed E-state index contributed by atoms with van der Waals surface area (Å²) in [4.78, 5) is 31.4. The molecule has 25 heavy (non-hydrogen) atoms. The lowest BCUT2D eigenvalue weighted by molar-refractivity contribution is -0.127. The number of rotatable bonds is 2. The van der Waals surface area contributed by atoms with Gasteiger partial charge >= 0.3 is 0 Å². The van der Waals surface area contributed by atoms with E-state index in [1.54, 1.807) is 0 Å². The number of thiazole rings is 1. The molecule has 6 heteroatoms. The minimum atomic E-state index is -0.652. The minimum Gasteiger partial charge on any atom is -0.373 e. The zero-order valence-electron chi connectivity index (χ0n) is 13.6. The van der Waals surface area contributed by atoms with Gasteiger partial charge in [0.2, 0.25) is 0 Å². The van der Waals surface area contributed by atoms with Crippen LogP contribution in [-0.2, 0) is 14.3 Å². The third-order valence-corrected chi connectivity index (χ3v) is 7.21. The largest absolute Gasteiger partial charge is 0.373 e. The maximum Gasteiger partial charge on any atom is 0.155 e. The number of fused-ring (bicyclic) bond motifs is 5. The lowest BCUT2D eigenvalue weighted by atomic mass is 9.81. The molecule has 2 saturated heterocycles. The molecule has 5 atom stereocenters. The highest BCUT2D eigenvalue weighted by atomic mass is 35.5. The maximum atomic E-state index is 13.0. The van der Waals surface area contributed by atoms with Gasteiger partial charge in [0.05, 0.1) is 29.7 Å². The Balaban J connectivity index is 1.53. The topological polar surface area (TPSA) is 56.3 Å². The normalized spacial score (nSPS) is 33.3. The Labute approximate surface area is 154 Å². The summed E-state index contributed by atoms with van der Waals surface area (Å²) in [6.07, 6.45) is 1.69. The Morgan fingerprint density at radius 1 is 1.08 bits per heavy atom. The average Bonchev–Trinajstić information content (AvgIpc) is 3.33. The van der Waals surface area contributed by atoms with E-state index in [2.05, 4.69) is 4.98 Å². The molecule has 0 radical (unpaired) electrons. The van der Waals surface area contributed by atoms with E-state index in [9.17, 15) is 9.59 Å². The second kappa shape index (κ2) is 5.47. The number of hydrogen-bond donors (Lipinski definition) is 0. The van der Waals surface area contributed by atoms with Gasteiger partial charge in [0, 0.05) is 15.5 Å². The van der Waals surface area contributed by atoms with E-state index < -0.39 is 5.92 Å². The first kappa shape index (κ1) is 15.7. The van der Waals surface area contributed by atoms with E-state index in [1.165, 1.54) is 11.3 Å².